The van der Waals surface area contributed by atoms with Crippen molar-refractivity contribution in [2.75, 3.05) is 19.8 Å². The Kier molecular flexibility index (Phi) is 3.58. The van der Waals surface area contributed by atoms with Gasteiger partial charge in [-0.2, -0.15) is 0 Å². The molecule has 0 bridgehead atoms. The number of aromatic nitrogens is 2. The van der Waals surface area contributed by atoms with Crippen molar-refractivity contribution in [2.45, 2.75) is 12.6 Å². The van der Waals surface area contributed by atoms with Crippen LogP contribution < -0.4 is 11.2 Å². The molecule has 0 saturated carbocycles. The van der Waals surface area contributed by atoms with Crippen molar-refractivity contribution < 1.29 is 19.4 Å². The van der Waals surface area contributed by atoms with Gasteiger partial charge in [0.25, 0.3) is 5.56 Å². The standard InChI is InChI=1S/C10H12N2O6/c13-8-7(9(14)15)4-12(10(16)11-8)3-6-5-17-1-2-18-6/h4,6H,1-3,5H2,(H,14,15)(H,11,13,16). The van der Waals surface area contributed by atoms with Crippen LogP contribution in [0.3, 0.4) is 0 Å². The summed E-state index contributed by atoms with van der Waals surface area (Å²) in [5, 5.41) is 8.80. The third kappa shape index (κ3) is 2.66. The number of ether oxygens (including phenoxy) is 2. The molecule has 0 aliphatic carbocycles. The van der Waals surface area contributed by atoms with Crippen molar-refractivity contribution in [3.05, 3.63) is 32.6 Å². The lowest BCUT2D eigenvalue weighted by atomic mass is 10.3. The van der Waals surface area contributed by atoms with E-state index in [1.54, 1.807) is 0 Å². The number of aromatic carboxylic acids is 1. The molecule has 1 saturated heterocycles. The highest BCUT2D eigenvalue weighted by atomic mass is 16.6. The first kappa shape index (κ1) is 12.5. The summed E-state index contributed by atoms with van der Waals surface area (Å²) in [5.74, 6) is -1.38. The Bertz CT molecular complexity index is 554. The summed E-state index contributed by atoms with van der Waals surface area (Å²) in [5.41, 5.74) is -2.06. The number of H-pyrrole nitrogens is 1. The van der Waals surface area contributed by atoms with Crippen LogP contribution in [0.25, 0.3) is 0 Å². The second-order valence-corrected chi connectivity index (χ2v) is 3.83. The van der Waals surface area contributed by atoms with Gasteiger partial charge in [0, 0.05) is 6.20 Å². The van der Waals surface area contributed by atoms with Gasteiger partial charge >= 0.3 is 11.7 Å². The summed E-state index contributed by atoms with van der Waals surface area (Å²) < 4.78 is 11.6. The van der Waals surface area contributed by atoms with Gasteiger partial charge in [-0.1, -0.05) is 0 Å². The third-order valence-corrected chi connectivity index (χ3v) is 2.53. The predicted octanol–water partition coefficient (Wildman–Crippen LogP) is -1.35. The molecule has 2 N–H and O–H groups in total. The van der Waals surface area contributed by atoms with Gasteiger partial charge in [-0.25, -0.2) is 9.59 Å². The predicted molar refractivity (Wildman–Crippen MR) is 58.8 cm³/mol. The number of hydrogen-bond acceptors (Lipinski definition) is 5. The van der Waals surface area contributed by atoms with Crippen molar-refractivity contribution in [1.82, 2.24) is 9.55 Å². The van der Waals surface area contributed by atoms with E-state index in [0.29, 0.717) is 19.8 Å². The molecule has 0 spiro atoms. The summed E-state index contributed by atoms with van der Waals surface area (Å²) in [7, 11) is 0. The Morgan fingerprint density at radius 3 is 2.89 bits per heavy atom. The first-order chi connectivity index (χ1) is 8.58. The van der Waals surface area contributed by atoms with Crippen LogP contribution in [-0.4, -0.2) is 46.6 Å². The van der Waals surface area contributed by atoms with Crippen molar-refractivity contribution >= 4 is 5.97 Å². The SMILES string of the molecule is O=C(O)c1cn(CC2COCCO2)c(=O)[nH]c1=O. The second kappa shape index (κ2) is 5.15. The van der Waals surface area contributed by atoms with Gasteiger partial charge < -0.3 is 14.6 Å². The fraction of sp³-hybridized carbons (Fsp3) is 0.500. The van der Waals surface area contributed by atoms with E-state index in [2.05, 4.69) is 0 Å². The van der Waals surface area contributed by atoms with Gasteiger partial charge in [0.15, 0.2) is 0 Å². The van der Waals surface area contributed by atoms with Gasteiger partial charge in [0.05, 0.1) is 32.5 Å². The largest absolute Gasteiger partial charge is 0.477 e. The van der Waals surface area contributed by atoms with Crippen molar-refractivity contribution in [3.63, 3.8) is 0 Å². The van der Waals surface area contributed by atoms with E-state index in [4.69, 9.17) is 14.6 Å². The van der Waals surface area contributed by atoms with Crippen molar-refractivity contribution in [1.29, 1.82) is 0 Å². The van der Waals surface area contributed by atoms with Gasteiger partial charge in [0.1, 0.15) is 5.56 Å². The summed E-state index contributed by atoms with van der Waals surface area (Å²) in [4.78, 5) is 35.5. The molecule has 8 nitrogen and oxygen atoms in total. The van der Waals surface area contributed by atoms with E-state index in [0.717, 1.165) is 10.8 Å². The Morgan fingerprint density at radius 2 is 2.28 bits per heavy atom. The first-order valence-corrected chi connectivity index (χ1v) is 5.34. The second-order valence-electron chi connectivity index (χ2n) is 3.83. The molecular weight excluding hydrogens is 244 g/mol. The highest BCUT2D eigenvalue weighted by molar-refractivity contribution is 5.86. The van der Waals surface area contributed by atoms with E-state index < -0.39 is 22.8 Å². The molecule has 18 heavy (non-hydrogen) atoms. The van der Waals surface area contributed by atoms with E-state index in [1.807, 2.05) is 4.98 Å². The summed E-state index contributed by atoms with van der Waals surface area (Å²) >= 11 is 0. The highest BCUT2D eigenvalue weighted by Crippen LogP contribution is 2.02. The Morgan fingerprint density at radius 1 is 1.50 bits per heavy atom. The van der Waals surface area contributed by atoms with Crippen LogP contribution in [0.15, 0.2) is 15.8 Å². The van der Waals surface area contributed by atoms with Crippen LogP contribution in [-0.2, 0) is 16.0 Å². The Balaban J connectivity index is 2.26. The maximum absolute atomic E-state index is 11.5. The zero-order valence-electron chi connectivity index (χ0n) is 9.42. The molecule has 1 aromatic rings. The Hall–Kier alpha value is -1.93. The minimum atomic E-state index is -1.38. The van der Waals surface area contributed by atoms with Crippen LogP contribution in [0, 0.1) is 0 Å². The minimum absolute atomic E-state index is 0.135. The number of nitrogens with one attached hydrogen (secondary N) is 1. The minimum Gasteiger partial charge on any atom is -0.477 e. The number of carboxylic acid groups (broad SMARTS) is 1. The summed E-state index contributed by atoms with van der Waals surface area (Å²) in [6.07, 6.45) is 0.686. The lowest BCUT2D eigenvalue weighted by Gasteiger charge is -2.23. The number of nitrogens with zero attached hydrogens (tertiary/aromatic N) is 1. The molecule has 1 atom stereocenters. The molecule has 2 heterocycles. The maximum Gasteiger partial charge on any atom is 0.342 e. The molecule has 1 unspecified atom stereocenters. The zero-order valence-corrected chi connectivity index (χ0v) is 9.42. The van der Waals surface area contributed by atoms with Crippen molar-refractivity contribution in [2.24, 2.45) is 0 Å². The average molecular weight is 256 g/mol. The monoisotopic (exact) mass is 256 g/mol. The number of aromatic amines is 1. The van der Waals surface area contributed by atoms with Crippen LogP contribution >= 0.6 is 0 Å². The average Bonchev–Trinajstić information content (AvgIpc) is 2.33. The molecule has 98 valence electrons. The molecule has 1 aliphatic rings. The molecule has 8 heteroatoms. The van der Waals surface area contributed by atoms with Crippen LogP contribution in [0.5, 0.6) is 0 Å². The van der Waals surface area contributed by atoms with Crippen molar-refractivity contribution in [3.8, 4) is 0 Å². The smallest absolute Gasteiger partial charge is 0.342 e. The van der Waals surface area contributed by atoms with Crippen LogP contribution in [0.1, 0.15) is 10.4 Å². The summed E-state index contributed by atoms with van der Waals surface area (Å²) in [6.45, 7) is 1.38. The maximum atomic E-state index is 11.5. The first-order valence-electron chi connectivity index (χ1n) is 5.34. The van der Waals surface area contributed by atoms with E-state index >= 15 is 0 Å². The summed E-state index contributed by atoms with van der Waals surface area (Å²) in [6, 6.07) is 0. The van der Waals surface area contributed by atoms with Gasteiger partial charge in [-0.05, 0) is 0 Å². The third-order valence-electron chi connectivity index (χ3n) is 2.53. The topological polar surface area (TPSA) is 111 Å². The van der Waals surface area contributed by atoms with E-state index in [-0.39, 0.29) is 12.6 Å². The fourth-order valence-corrected chi connectivity index (χ4v) is 1.66. The highest BCUT2D eigenvalue weighted by Gasteiger charge is 2.17. The van der Waals surface area contributed by atoms with E-state index in [9.17, 15) is 14.4 Å². The van der Waals surface area contributed by atoms with Gasteiger partial charge in [-0.3, -0.25) is 14.3 Å². The molecule has 1 aliphatic heterocycles. The quantitative estimate of drug-likeness (QED) is 0.691. The zero-order chi connectivity index (χ0) is 13.1. The molecule has 2 rings (SSSR count). The molecule has 1 fully saturated rings. The molecule has 0 amide bonds. The van der Waals surface area contributed by atoms with Gasteiger partial charge in [-0.15, -0.1) is 0 Å². The molecule has 0 aromatic carbocycles. The lowest BCUT2D eigenvalue weighted by Crippen LogP contribution is -2.39. The molecule has 0 radical (unpaired) electrons. The normalized spacial score (nSPS) is 19.7. The molecule has 1 aromatic heterocycles. The number of carbonyl (C=O) groups is 1. The van der Waals surface area contributed by atoms with Crippen LogP contribution in [0.2, 0.25) is 0 Å². The molecular formula is C10H12N2O6. The lowest BCUT2D eigenvalue weighted by molar-refractivity contribution is -0.0940. The number of rotatable bonds is 3. The van der Waals surface area contributed by atoms with E-state index in [1.165, 1.54) is 0 Å². The number of hydrogen-bond donors (Lipinski definition) is 2. The fourth-order valence-electron chi connectivity index (χ4n) is 1.66. The van der Waals surface area contributed by atoms with Crippen LogP contribution in [0.4, 0.5) is 0 Å². The van der Waals surface area contributed by atoms with Gasteiger partial charge in [0.2, 0.25) is 0 Å². The number of carboxylic acids is 1. The Labute approximate surface area is 101 Å².